The van der Waals surface area contributed by atoms with Gasteiger partial charge in [0.25, 0.3) is 0 Å². The first-order valence-corrected chi connectivity index (χ1v) is 5.59. The van der Waals surface area contributed by atoms with Crippen LogP contribution in [0.15, 0.2) is 24.3 Å². The van der Waals surface area contributed by atoms with Gasteiger partial charge in [0.15, 0.2) is 0 Å². The number of rotatable bonds is 0. The lowest BCUT2D eigenvalue weighted by Crippen LogP contribution is -2.33. The molecule has 4 heteroatoms. The molecule has 16 heavy (non-hydrogen) atoms. The summed E-state index contributed by atoms with van der Waals surface area (Å²) in [6, 6.07) is 8.10. The van der Waals surface area contributed by atoms with Gasteiger partial charge in [-0.3, -0.25) is 4.79 Å². The monoisotopic (exact) mass is 217 g/mol. The Morgan fingerprint density at radius 3 is 2.81 bits per heavy atom. The lowest BCUT2D eigenvalue weighted by atomic mass is 10.0. The van der Waals surface area contributed by atoms with E-state index in [0.29, 0.717) is 0 Å². The highest BCUT2D eigenvalue weighted by molar-refractivity contribution is 5.98. The zero-order valence-corrected chi connectivity index (χ0v) is 9.23. The van der Waals surface area contributed by atoms with E-state index < -0.39 is 0 Å². The molecule has 2 aliphatic rings. The molecule has 2 unspecified atom stereocenters. The topological polar surface area (TPSA) is 44.4 Å². The number of hydrogen-bond acceptors (Lipinski definition) is 3. The average Bonchev–Trinajstić information content (AvgIpc) is 2.57. The summed E-state index contributed by atoms with van der Waals surface area (Å²) < 4.78 is 0. The molecule has 84 valence electrons. The van der Waals surface area contributed by atoms with Crippen molar-refractivity contribution in [3.05, 3.63) is 24.3 Å². The van der Waals surface area contributed by atoms with E-state index >= 15 is 0 Å². The van der Waals surface area contributed by atoms with Gasteiger partial charge < -0.3 is 15.5 Å². The van der Waals surface area contributed by atoms with Gasteiger partial charge in [-0.2, -0.15) is 0 Å². The molecule has 1 fully saturated rings. The van der Waals surface area contributed by atoms with E-state index in [9.17, 15) is 4.79 Å². The molecule has 1 aromatic rings. The van der Waals surface area contributed by atoms with Crippen LogP contribution in [0.1, 0.15) is 0 Å². The van der Waals surface area contributed by atoms with Crippen LogP contribution in [0.5, 0.6) is 0 Å². The molecule has 3 rings (SSSR count). The third-order valence-electron chi connectivity index (χ3n) is 3.37. The fourth-order valence-corrected chi connectivity index (χ4v) is 2.56. The highest BCUT2D eigenvalue weighted by Gasteiger charge is 2.38. The third-order valence-corrected chi connectivity index (χ3v) is 3.37. The van der Waals surface area contributed by atoms with Crippen LogP contribution in [0.4, 0.5) is 11.4 Å². The molecule has 2 atom stereocenters. The van der Waals surface area contributed by atoms with Crippen molar-refractivity contribution in [1.82, 2.24) is 4.90 Å². The molecule has 2 N–H and O–H groups in total. The van der Waals surface area contributed by atoms with Crippen molar-refractivity contribution in [2.75, 3.05) is 30.8 Å². The molecule has 0 saturated carbocycles. The number of nitrogens with zero attached hydrogens (tertiary/aromatic N) is 1. The predicted octanol–water partition coefficient (Wildman–Crippen LogP) is 0.981. The Balaban J connectivity index is 1.97. The second kappa shape index (κ2) is 3.49. The summed E-state index contributed by atoms with van der Waals surface area (Å²) in [5.74, 6) is 0.184. The van der Waals surface area contributed by atoms with Gasteiger partial charge in [-0.05, 0) is 19.2 Å². The molecule has 0 radical (unpaired) electrons. The molecule has 2 heterocycles. The molecular formula is C12H15N3O. The molecule has 1 saturated heterocycles. The Bertz CT molecular complexity index is 432. The summed E-state index contributed by atoms with van der Waals surface area (Å²) in [7, 11) is 2.05. The molecule has 0 bridgehead atoms. The SMILES string of the molecule is CN1CC2Nc3ccccc3NC(=O)C2C1. The number of amides is 1. The fraction of sp³-hybridized carbons (Fsp3) is 0.417. The molecule has 0 spiro atoms. The van der Waals surface area contributed by atoms with Gasteiger partial charge in [-0.15, -0.1) is 0 Å². The lowest BCUT2D eigenvalue weighted by Gasteiger charge is -2.15. The van der Waals surface area contributed by atoms with E-state index in [0.717, 1.165) is 24.5 Å². The molecule has 2 aliphatic heterocycles. The van der Waals surface area contributed by atoms with Crippen molar-refractivity contribution >= 4 is 17.3 Å². The highest BCUT2D eigenvalue weighted by atomic mass is 16.2. The minimum Gasteiger partial charge on any atom is -0.378 e. The minimum absolute atomic E-state index is 0.0531. The van der Waals surface area contributed by atoms with Gasteiger partial charge in [0, 0.05) is 13.1 Å². The van der Waals surface area contributed by atoms with Gasteiger partial charge >= 0.3 is 0 Å². The second-order valence-electron chi connectivity index (χ2n) is 4.61. The Morgan fingerprint density at radius 1 is 1.25 bits per heavy atom. The Kier molecular flexibility index (Phi) is 2.11. The van der Waals surface area contributed by atoms with Crippen LogP contribution in [0.3, 0.4) is 0 Å². The molecule has 4 nitrogen and oxygen atoms in total. The van der Waals surface area contributed by atoms with Crippen LogP contribution in [0.2, 0.25) is 0 Å². The molecule has 0 aromatic heterocycles. The maximum Gasteiger partial charge on any atom is 0.230 e. The summed E-state index contributed by atoms with van der Waals surface area (Å²) >= 11 is 0. The van der Waals surface area contributed by atoms with Crippen LogP contribution in [-0.4, -0.2) is 37.0 Å². The van der Waals surface area contributed by atoms with E-state index in [-0.39, 0.29) is 17.9 Å². The smallest absolute Gasteiger partial charge is 0.230 e. The fourth-order valence-electron chi connectivity index (χ4n) is 2.56. The van der Waals surface area contributed by atoms with Gasteiger partial charge in [0.2, 0.25) is 5.91 Å². The first-order valence-electron chi connectivity index (χ1n) is 5.59. The predicted molar refractivity (Wildman–Crippen MR) is 63.5 cm³/mol. The number of nitrogens with one attached hydrogen (secondary N) is 2. The van der Waals surface area contributed by atoms with Crippen LogP contribution < -0.4 is 10.6 Å². The van der Waals surface area contributed by atoms with Crippen molar-refractivity contribution < 1.29 is 4.79 Å². The van der Waals surface area contributed by atoms with E-state index in [2.05, 4.69) is 22.6 Å². The number of carbonyl (C=O) groups is 1. The summed E-state index contributed by atoms with van der Waals surface area (Å²) in [6.45, 7) is 1.75. The Morgan fingerprint density at radius 2 is 2.00 bits per heavy atom. The molecular weight excluding hydrogens is 202 g/mol. The van der Waals surface area contributed by atoms with E-state index in [4.69, 9.17) is 0 Å². The van der Waals surface area contributed by atoms with Crippen LogP contribution >= 0.6 is 0 Å². The number of hydrogen-bond donors (Lipinski definition) is 2. The van der Waals surface area contributed by atoms with E-state index in [1.807, 2.05) is 24.3 Å². The standard InChI is InChI=1S/C12H15N3O/c1-15-6-8-11(7-15)13-9-4-2-3-5-10(9)14-12(8)16/h2-5,8,11,13H,6-7H2,1H3,(H,14,16). The second-order valence-corrected chi connectivity index (χ2v) is 4.61. The number of fused-ring (bicyclic) bond motifs is 2. The summed E-state index contributed by atoms with van der Waals surface area (Å²) in [5.41, 5.74) is 1.92. The Labute approximate surface area is 94.6 Å². The van der Waals surface area contributed by atoms with Crippen molar-refractivity contribution in [1.29, 1.82) is 0 Å². The minimum atomic E-state index is 0.0531. The molecule has 0 aliphatic carbocycles. The summed E-state index contributed by atoms with van der Waals surface area (Å²) in [6.07, 6.45) is 0. The van der Waals surface area contributed by atoms with Crippen LogP contribution in [-0.2, 0) is 4.79 Å². The van der Waals surface area contributed by atoms with Crippen molar-refractivity contribution in [3.8, 4) is 0 Å². The number of likely N-dealkylation sites (tertiary alicyclic amines) is 1. The number of likely N-dealkylation sites (N-methyl/N-ethyl adjacent to an activating group) is 1. The van der Waals surface area contributed by atoms with E-state index in [1.165, 1.54) is 0 Å². The van der Waals surface area contributed by atoms with Crippen LogP contribution in [0, 0.1) is 5.92 Å². The maximum atomic E-state index is 12.0. The third kappa shape index (κ3) is 1.46. The van der Waals surface area contributed by atoms with Gasteiger partial charge in [0.05, 0.1) is 23.3 Å². The van der Waals surface area contributed by atoms with Gasteiger partial charge in [0.1, 0.15) is 0 Å². The molecule has 1 amide bonds. The van der Waals surface area contributed by atoms with Gasteiger partial charge in [-0.1, -0.05) is 12.1 Å². The van der Waals surface area contributed by atoms with Crippen LogP contribution in [0.25, 0.3) is 0 Å². The first-order chi connectivity index (χ1) is 7.74. The van der Waals surface area contributed by atoms with Crippen molar-refractivity contribution in [2.45, 2.75) is 6.04 Å². The maximum absolute atomic E-state index is 12.0. The zero-order valence-electron chi connectivity index (χ0n) is 9.23. The number of anilines is 2. The summed E-state index contributed by atoms with van der Waals surface area (Å²) in [4.78, 5) is 14.2. The number of carbonyl (C=O) groups excluding carboxylic acids is 1. The van der Waals surface area contributed by atoms with Gasteiger partial charge in [-0.25, -0.2) is 0 Å². The van der Waals surface area contributed by atoms with Crippen molar-refractivity contribution in [3.63, 3.8) is 0 Å². The quantitative estimate of drug-likeness (QED) is 0.681. The number of benzene rings is 1. The molecule has 1 aromatic carbocycles. The largest absolute Gasteiger partial charge is 0.378 e. The summed E-state index contributed by atoms with van der Waals surface area (Å²) in [5, 5.41) is 6.44. The average molecular weight is 217 g/mol. The normalized spacial score (nSPS) is 28.7. The van der Waals surface area contributed by atoms with E-state index in [1.54, 1.807) is 0 Å². The zero-order chi connectivity index (χ0) is 11.1. The number of para-hydroxylation sites is 2. The lowest BCUT2D eigenvalue weighted by molar-refractivity contribution is -0.119. The highest BCUT2D eigenvalue weighted by Crippen LogP contribution is 2.30. The Hall–Kier alpha value is -1.55. The van der Waals surface area contributed by atoms with Crippen molar-refractivity contribution in [2.24, 2.45) is 5.92 Å². The first kappa shape index (κ1) is 9.66.